The summed E-state index contributed by atoms with van der Waals surface area (Å²) in [4.78, 5) is 22.6. The van der Waals surface area contributed by atoms with E-state index in [4.69, 9.17) is 9.52 Å². The van der Waals surface area contributed by atoms with E-state index in [2.05, 4.69) is 24.1 Å². The molecule has 0 saturated carbocycles. The maximum atomic E-state index is 11.9. The maximum absolute atomic E-state index is 11.9. The number of furan rings is 1. The molecule has 114 valence electrons. The van der Waals surface area contributed by atoms with Crippen LogP contribution < -0.4 is 5.32 Å². The minimum Gasteiger partial charge on any atom is -0.481 e. The molecule has 1 heterocycles. The van der Waals surface area contributed by atoms with E-state index in [1.807, 2.05) is 6.92 Å². The van der Waals surface area contributed by atoms with Gasteiger partial charge in [0, 0.05) is 12.5 Å². The first-order chi connectivity index (χ1) is 10.1. The van der Waals surface area contributed by atoms with Crippen LogP contribution >= 0.6 is 0 Å². The molecule has 1 atom stereocenters. The highest BCUT2D eigenvalue weighted by Gasteiger charge is 2.17. The first kappa shape index (κ1) is 16.8. The molecule has 2 N–H and O–H groups in total. The van der Waals surface area contributed by atoms with Gasteiger partial charge in [-0.25, -0.2) is 0 Å². The molecule has 0 saturated heterocycles. The van der Waals surface area contributed by atoms with Gasteiger partial charge in [-0.2, -0.15) is 0 Å². The van der Waals surface area contributed by atoms with Gasteiger partial charge < -0.3 is 14.8 Å². The summed E-state index contributed by atoms with van der Waals surface area (Å²) in [6, 6.07) is 2.79. The lowest BCUT2D eigenvalue weighted by Crippen LogP contribution is -2.35. The van der Waals surface area contributed by atoms with Crippen molar-refractivity contribution in [2.24, 2.45) is 0 Å². The molecule has 5 heteroatoms. The van der Waals surface area contributed by atoms with Crippen molar-refractivity contribution in [3.05, 3.63) is 23.7 Å². The highest BCUT2D eigenvalue weighted by Crippen LogP contribution is 2.08. The first-order valence-electron chi connectivity index (χ1n) is 7.18. The number of hydrogen-bond donors (Lipinski definition) is 2. The van der Waals surface area contributed by atoms with Crippen molar-refractivity contribution >= 4 is 11.9 Å². The lowest BCUT2D eigenvalue weighted by molar-refractivity contribution is -0.137. The Morgan fingerprint density at radius 1 is 1.38 bits per heavy atom. The fourth-order valence-electron chi connectivity index (χ4n) is 1.71. The van der Waals surface area contributed by atoms with Crippen molar-refractivity contribution in [2.75, 3.05) is 0 Å². The molecule has 0 unspecified atom stereocenters. The summed E-state index contributed by atoms with van der Waals surface area (Å²) >= 11 is 0. The van der Waals surface area contributed by atoms with E-state index in [-0.39, 0.29) is 12.2 Å². The van der Waals surface area contributed by atoms with Crippen molar-refractivity contribution in [3.8, 4) is 11.8 Å². The summed E-state index contributed by atoms with van der Waals surface area (Å²) in [7, 11) is 0. The molecular formula is C16H21NO4. The Balaban J connectivity index is 2.60. The monoisotopic (exact) mass is 291 g/mol. The molecule has 1 amide bonds. The second kappa shape index (κ2) is 8.85. The highest BCUT2D eigenvalue weighted by atomic mass is 16.4. The Morgan fingerprint density at radius 3 is 2.76 bits per heavy atom. The van der Waals surface area contributed by atoms with Crippen LogP contribution in [0.25, 0.3) is 0 Å². The first-order valence-corrected chi connectivity index (χ1v) is 7.18. The lowest BCUT2D eigenvalue weighted by atomic mass is 10.1. The van der Waals surface area contributed by atoms with E-state index in [1.165, 1.54) is 0 Å². The number of rotatable bonds is 7. The van der Waals surface area contributed by atoms with Crippen LogP contribution in [0, 0.1) is 11.8 Å². The number of carbonyl (C=O) groups is 2. The van der Waals surface area contributed by atoms with Crippen LogP contribution in [-0.2, 0) is 4.79 Å². The van der Waals surface area contributed by atoms with Crippen molar-refractivity contribution in [1.29, 1.82) is 0 Å². The van der Waals surface area contributed by atoms with Crippen LogP contribution in [-0.4, -0.2) is 23.0 Å². The molecule has 21 heavy (non-hydrogen) atoms. The largest absolute Gasteiger partial charge is 0.481 e. The molecule has 1 aromatic rings. The normalized spacial score (nSPS) is 11.3. The predicted molar refractivity (Wildman–Crippen MR) is 78.9 cm³/mol. The van der Waals surface area contributed by atoms with Gasteiger partial charge in [0.15, 0.2) is 11.5 Å². The summed E-state index contributed by atoms with van der Waals surface area (Å²) in [6.07, 6.45) is 3.36. The molecule has 0 aliphatic carbocycles. The van der Waals surface area contributed by atoms with E-state index in [1.54, 1.807) is 12.1 Å². The van der Waals surface area contributed by atoms with Gasteiger partial charge in [-0.3, -0.25) is 9.59 Å². The molecule has 0 fully saturated rings. The molecule has 0 aliphatic rings. The highest BCUT2D eigenvalue weighted by molar-refractivity contribution is 5.92. The fraction of sp³-hybridized carbons (Fsp3) is 0.500. The number of nitrogens with one attached hydrogen (secondary N) is 1. The summed E-state index contributed by atoms with van der Waals surface area (Å²) in [5.41, 5.74) is 0. The van der Waals surface area contributed by atoms with E-state index in [9.17, 15) is 9.59 Å². The zero-order chi connectivity index (χ0) is 15.7. The minimum atomic E-state index is -0.941. The van der Waals surface area contributed by atoms with Gasteiger partial charge in [0.1, 0.15) is 0 Å². The Hall–Kier alpha value is -2.22. The standard InChI is InChI=1S/C16H21NO4/c1-3-5-6-7-8-13-9-10-14(21-13)16(20)17-12(4-2)11-15(18)19/h9-10,12H,3-6,11H2,1-2H3,(H,17,20)(H,18,19)/t12-/m0/s1. The quantitative estimate of drug-likeness (QED) is 0.598. The van der Waals surface area contributed by atoms with Gasteiger partial charge in [-0.1, -0.05) is 26.2 Å². The summed E-state index contributed by atoms with van der Waals surface area (Å²) in [6.45, 7) is 3.92. The van der Waals surface area contributed by atoms with Crippen LogP contribution in [0.5, 0.6) is 0 Å². The number of carboxylic acids is 1. The van der Waals surface area contributed by atoms with Crippen LogP contribution in [0.15, 0.2) is 16.5 Å². The summed E-state index contributed by atoms with van der Waals surface area (Å²) in [5, 5.41) is 11.4. The van der Waals surface area contributed by atoms with Gasteiger partial charge in [-0.15, -0.1) is 0 Å². The Kier molecular flexibility index (Phi) is 7.10. The SMILES string of the molecule is CCCCC#Cc1ccc(C(=O)N[C@@H](CC)CC(=O)O)o1. The second-order valence-electron chi connectivity index (χ2n) is 4.75. The molecular weight excluding hydrogens is 270 g/mol. The third-order valence-corrected chi connectivity index (χ3v) is 2.95. The average molecular weight is 291 g/mol. The van der Waals surface area contributed by atoms with Gasteiger partial charge in [0.2, 0.25) is 0 Å². The second-order valence-corrected chi connectivity index (χ2v) is 4.75. The van der Waals surface area contributed by atoms with E-state index < -0.39 is 17.9 Å². The van der Waals surface area contributed by atoms with E-state index >= 15 is 0 Å². The zero-order valence-corrected chi connectivity index (χ0v) is 12.4. The number of hydrogen-bond acceptors (Lipinski definition) is 3. The van der Waals surface area contributed by atoms with Gasteiger partial charge >= 0.3 is 5.97 Å². The van der Waals surface area contributed by atoms with Gasteiger partial charge in [-0.05, 0) is 30.9 Å². The summed E-state index contributed by atoms with van der Waals surface area (Å²) in [5.74, 6) is 5.09. The zero-order valence-electron chi connectivity index (χ0n) is 12.4. The topological polar surface area (TPSA) is 79.5 Å². The number of carboxylic acid groups (broad SMARTS) is 1. The van der Waals surface area contributed by atoms with Crippen molar-refractivity contribution in [1.82, 2.24) is 5.32 Å². The Bertz CT molecular complexity index is 536. The molecule has 5 nitrogen and oxygen atoms in total. The molecule has 1 aromatic heterocycles. The molecule has 0 aromatic carbocycles. The van der Waals surface area contributed by atoms with Crippen LogP contribution in [0.4, 0.5) is 0 Å². The van der Waals surface area contributed by atoms with Crippen molar-refractivity contribution < 1.29 is 19.1 Å². The van der Waals surface area contributed by atoms with Gasteiger partial charge in [0.05, 0.1) is 6.42 Å². The summed E-state index contributed by atoms with van der Waals surface area (Å²) < 4.78 is 5.34. The minimum absolute atomic E-state index is 0.105. The van der Waals surface area contributed by atoms with Crippen LogP contribution in [0.1, 0.15) is 62.3 Å². The van der Waals surface area contributed by atoms with Gasteiger partial charge in [0.25, 0.3) is 5.91 Å². The third kappa shape index (κ3) is 6.17. The Morgan fingerprint density at radius 2 is 2.14 bits per heavy atom. The maximum Gasteiger partial charge on any atom is 0.305 e. The average Bonchev–Trinajstić information content (AvgIpc) is 2.91. The molecule has 0 spiro atoms. The smallest absolute Gasteiger partial charge is 0.305 e. The lowest BCUT2D eigenvalue weighted by Gasteiger charge is -2.13. The number of unbranched alkanes of at least 4 members (excludes halogenated alkanes) is 2. The third-order valence-electron chi connectivity index (χ3n) is 2.95. The number of amides is 1. The van der Waals surface area contributed by atoms with Crippen molar-refractivity contribution in [3.63, 3.8) is 0 Å². The number of aliphatic carboxylic acids is 1. The Labute approximate surface area is 124 Å². The molecule has 0 radical (unpaired) electrons. The molecule has 0 aliphatic heterocycles. The molecule has 1 rings (SSSR count). The van der Waals surface area contributed by atoms with Crippen molar-refractivity contribution in [2.45, 2.75) is 52.0 Å². The predicted octanol–water partition coefficient (Wildman–Crippen LogP) is 2.80. The fourth-order valence-corrected chi connectivity index (χ4v) is 1.71. The number of carbonyl (C=O) groups excluding carboxylic acids is 1. The van der Waals surface area contributed by atoms with Crippen LogP contribution in [0.3, 0.4) is 0 Å². The van der Waals surface area contributed by atoms with E-state index in [0.29, 0.717) is 12.2 Å². The molecule has 0 bridgehead atoms. The van der Waals surface area contributed by atoms with Crippen LogP contribution in [0.2, 0.25) is 0 Å². The van der Waals surface area contributed by atoms with E-state index in [0.717, 1.165) is 19.3 Å².